The van der Waals surface area contributed by atoms with Gasteiger partial charge in [0.1, 0.15) is 10.7 Å². The molecule has 10 heteroatoms. The summed E-state index contributed by atoms with van der Waals surface area (Å²) in [4.78, 5) is 38.3. The van der Waals surface area contributed by atoms with Gasteiger partial charge in [-0.05, 0) is 25.0 Å². The summed E-state index contributed by atoms with van der Waals surface area (Å²) < 4.78 is 5.28. The predicted octanol–water partition coefficient (Wildman–Crippen LogP) is 2.47. The molecule has 2 N–H and O–H groups in total. The molecule has 0 spiro atoms. The molecule has 1 aliphatic heterocycles. The first kappa shape index (κ1) is 18.9. The van der Waals surface area contributed by atoms with E-state index in [4.69, 9.17) is 4.74 Å². The highest BCUT2D eigenvalue weighted by atomic mass is 32.1. The Morgan fingerprint density at radius 1 is 1.30 bits per heavy atom. The minimum Gasteiger partial charge on any atom is -0.481 e. The van der Waals surface area contributed by atoms with Crippen molar-refractivity contribution in [3.63, 3.8) is 0 Å². The lowest BCUT2D eigenvalue weighted by Gasteiger charge is -2.36. The van der Waals surface area contributed by atoms with Gasteiger partial charge in [0.25, 0.3) is 11.6 Å². The highest BCUT2D eigenvalue weighted by molar-refractivity contribution is 7.13. The Bertz CT molecular complexity index is 858. The zero-order chi connectivity index (χ0) is 19.4. The first-order valence-electron chi connectivity index (χ1n) is 8.21. The lowest BCUT2D eigenvalue weighted by molar-refractivity contribution is -0.384. The fourth-order valence-corrected chi connectivity index (χ4v) is 3.75. The standard InChI is InChI=1S/C17H17N3O6S/c21-14(22)9-17(5-7-26-8-6-17)19-15(23)13-10-27-16(18-13)11-1-3-12(4-2-11)20(24)25/h1-4,10H,5-9H2,(H,19,23)(H,21,22). The number of aliphatic carboxylic acids is 1. The normalized spacial score (nSPS) is 15.9. The fraction of sp³-hybridized carbons (Fsp3) is 0.353. The minimum absolute atomic E-state index is 0.0246. The Morgan fingerprint density at radius 2 is 1.96 bits per heavy atom. The first-order chi connectivity index (χ1) is 12.9. The number of nitro groups is 1. The summed E-state index contributed by atoms with van der Waals surface area (Å²) >= 11 is 1.24. The van der Waals surface area contributed by atoms with Crippen molar-refractivity contribution in [1.82, 2.24) is 10.3 Å². The van der Waals surface area contributed by atoms with Gasteiger partial charge < -0.3 is 15.2 Å². The second-order valence-electron chi connectivity index (χ2n) is 6.26. The van der Waals surface area contributed by atoms with Gasteiger partial charge in [0.2, 0.25) is 0 Å². The maximum Gasteiger partial charge on any atom is 0.305 e. The average Bonchev–Trinajstić information content (AvgIpc) is 3.12. The summed E-state index contributed by atoms with van der Waals surface area (Å²) in [6.45, 7) is 0.775. The maximum absolute atomic E-state index is 12.6. The molecule has 9 nitrogen and oxygen atoms in total. The molecule has 0 saturated carbocycles. The van der Waals surface area contributed by atoms with Gasteiger partial charge in [-0.15, -0.1) is 11.3 Å². The maximum atomic E-state index is 12.6. The van der Waals surface area contributed by atoms with Crippen molar-refractivity contribution in [3.05, 3.63) is 45.5 Å². The van der Waals surface area contributed by atoms with E-state index in [-0.39, 0.29) is 17.8 Å². The zero-order valence-electron chi connectivity index (χ0n) is 14.2. The molecule has 0 atom stereocenters. The van der Waals surface area contributed by atoms with Crippen molar-refractivity contribution in [2.75, 3.05) is 13.2 Å². The van der Waals surface area contributed by atoms with Crippen molar-refractivity contribution >= 4 is 28.9 Å². The predicted molar refractivity (Wildman–Crippen MR) is 96.7 cm³/mol. The number of nitrogens with one attached hydrogen (secondary N) is 1. The number of hydrogen-bond acceptors (Lipinski definition) is 7. The molecular weight excluding hydrogens is 374 g/mol. The number of thiazole rings is 1. The highest BCUT2D eigenvalue weighted by Crippen LogP contribution is 2.28. The van der Waals surface area contributed by atoms with Crippen molar-refractivity contribution < 1.29 is 24.4 Å². The number of aromatic nitrogens is 1. The van der Waals surface area contributed by atoms with Crippen LogP contribution in [0.2, 0.25) is 0 Å². The van der Waals surface area contributed by atoms with Crippen LogP contribution in [0.3, 0.4) is 0 Å². The molecule has 1 aromatic heterocycles. The average molecular weight is 391 g/mol. The SMILES string of the molecule is O=C(O)CC1(NC(=O)c2csc(-c3ccc([N+](=O)[O-])cc3)n2)CCOCC1. The lowest BCUT2D eigenvalue weighted by atomic mass is 9.86. The molecule has 1 amide bonds. The van der Waals surface area contributed by atoms with Crippen molar-refractivity contribution in [1.29, 1.82) is 0 Å². The number of benzene rings is 1. The van der Waals surface area contributed by atoms with Crippen LogP contribution in [0.4, 0.5) is 5.69 Å². The van der Waals surface area contributed by atoms with Crippen molar-refractivity contribution in [3.8, 4) is 10.6 Å². The largest absolute Gasteiger partial charge is 0.481 e. The molecule has 142 valence electrons. The minimum atomic E-state index is -0.984. The molecule has 1 aliphatic rings. The lowest BCUT2D eigenvalue weighted by Crippen LogP contribution is -2.53. The first-order valence-corrected chi connectivity index (χ1v) is 9.09. The van der Waals surface area contributed by atoms with Gasteiger partial charge in [-0.1, -0.05) is 0 Å². The summed E-state index contributed by atoms with van der Waals surface area (Å²) in [6.07, 6.45) is 0.663. The Balaban J connectivity index is 1.75. The van der Waals surface area contributed by atoms with Gasteiger partial charge in [-0.25, -0.2) is 4.98 Å². The number of nitrogens with zero attached hydrogens (tertiary/aromatic N) is 2. The van der Waals surface area contributed by atoms with Crippen LogP contribution in [0.15, 0.2) is 29.6 Å². The van der Waals surface area contributed by atoms with Crippen LogP contribution < -0.4 is 5.32 Å². The smallest absolute Gasteiger partial charge is 0.305 e. The fourth-order valence-electron chi connectivity index (χ4n) is 2.94. The van der Waals surface area contributed by atoms with E-state index in [1.165, 1.54) is 23.5 Å². The van der Waals surface area contributed by atoms with E-state index in [1.54, 1.807) is 17.5 Å². The number of carboxylic acid groups (broad SMARTS) is 1. The van der Waals surface area contributed by atoms with Gasteiger partial charge >= 0.3 is 5.97 Å². The topological polar surface area (TPSA) is 132 Å². The Morgan fingerprint density at radius 3 is 2.56 bits per heavy atom. The number of non-ortho nitro benzene ring substituents is 1. The molecule has 0 aliphatic carbocycles. The molecule has 2 heterocycles. The third-order valence-corrected chi connectivity index (χ3v) is 5.27. The van der Waals surface area contributed by atoms with Crippen molar-refractivity contribution in [2.45, 2.75) is 24.8 Å². The second-order valence-corrected chi connectivity index (χ2v) is 7.12. The number of carbonyl (C=O) groups is 2. The number of amides is 1. The third kappa shape index (κ3) is 4.47. The molecule has 1 aromatic carbocycles. The summed E-state index contributed by atoms with van der Waals surface area (Å²) in [6, 6.07) is 5.90. The summed E-state index contributed by atoms with van der Waals surface area (Å²) in [5.74, 6) is -1.43. The molecule has 1 saturated heterocycles. The summed E-state index contributed by atoms with van der Waals surface area (Å²) in [5.41, 5.74) is -0.0258. The Kier molecular flexibility index (Phi) is 5.47. The van der Waals surface area contributed by atoms with Gasteiger partial charge in [0.15, 0.2) is 0 Å². The number of carboxylic acids is 1. The van der Waals surface area contributed by atoms with E-state index in [9.17, 15) is 24.8 Å². The highest BCUT2D eigenvalue weighted by Gasteiger charge is 2.37. The Hall–Kier alpha value is -2.85. The molecule has 0 bridgehead atoms. The van der Waals surface area contributed by atoms with Crippen LogP contribution in [0.1, 0.15) is 29.8 Å². The van der Waals surface area contributed by atoms with E-state index in [1.807, 2.05) is 0 Å². The van der Waals surface area contributed by atoms with E-state index < -0.39 is 22.3 Å². The van der Waals surface area contributed by atoms with Crippen LogP contribution in [-0.4, -0.2) is 45.6 Å². The number of nitro benzene ring substituents is 1. The molecule has 2 aromatic rings. The quantitative estimate of drug-likeness (QED) is 0.571. The van der Waals surface area contributed by atoms with E-state index in [0.717, 1.165) is 0 Å². The van der Waals surface area contributed by atoms with Gasteiger partial charge in [0, 0.05) is 36.3 Å². The molecular formula is C17H17N3O6S. The number of rotatable bonds is 6. The van der Waals surface area contributed by atoms with Crippen LogP contribution in [0.25, 0.3) is 10.6 Å². The van der Waals surface area contributed by atoms with E-state index >= 15 is 0 Å². The van der Waals surface area contributed by atoms with Crippen LogP contribution >= 0.6 is 11.3 Å². The molecule has 3 rings (SSSR count). The van der Waals surface area contributed by atoms with Crippen LogP contribution in [-0.2, 0) is 9.53 Å². The van der Waals surface area contributed by atoms with Gasteiger partial charge in [-0.3, -0.25) is 19.7 Å². The van der Waals surface area contributed by atoms with E-state index in [2.05, 4.69) is 10.3 Å². The second kappa shape index (κ2) is 7.80. The Labute approximate surface area is 158 Å². The number of ether oxygens (including phenoxy) is 1. The van der Waals surface area contributed by atoms with Crippen LogP contribution in [0, 0.1) is 10.1 Å². The number of hydrogen-bond donors (Lipinski definition) is 2. The van der Waals surface area contributed by atoms with Gasteiger partial charge in [0.05, 0.1) is 16.9 Å². The molecule has 0 unspecified atom stereocenters. The van der Waals surface area contributed by atoms with E-state index in [0.29, 0.717) is 36.6 Å². The third-order valence-electron chi connectivity index (χ3n) is 4.38. The van der Waals surface area contributed by atoms with Gasteiger partial charge in [-0.2, -0.15) is 0 Å². The van der Waals surface area contributed by atoms with Crippen LogP contribution in [0.5, 0.6) is 0 Å². The summed E-state index contributed by atoms with van der Waals surface area (Å²) in [7, 11) is 0. The van der Waals surface area contributed by atoms with Crippen molar-refractivity contribution in [2.24, 2.45) is 0 Å². The molecule has 27 heavy (non-hydrogen) atoms. The monoisotopic (exact) mass is 391 g/mol. The summed E-state index contributed by atoms with van der Waals surface area (Å²) in [5, 5.41) is 24.9. The molecule has 1 fully saturated rings. The number of carbonyl (C=O) groups excluding carboxylic acids is 1. The molecule has 0 radical (unpaired) electrons. The zero-order valence-corrected chi connectivity index (χ0v) is 15.0.